The number of rotatable bonds is 2. The molecule has 0 aliphatic carbocycles. The van der Waals surface area contributed by atoms with Crippen molar-refractivity contribution in [2.75, 3.05) is 5.32 Å². The van der Waals surface area contributed by atoms with E-state index in [1.165, 1.54) is 4.70 Å². The Morgan fingerprint density at radius 1 is 1.22 bits per heavy atom. The molecule has 0 saturated carbocycles. The normalized spacial score (nSPS) is 10.7. The summed E-state index contributed by atoms with van der Waals surface area (Å²) in [4.78, 5) is 11.8. The SMILES string of the molecule is O=C(Nc1ccc2sccc2c1)c1ccc(Cl)o1. The fourth-order valence-corrected chi connectivity index (χ4v) is 2.59. The minimum Gasteiger partial charge on any atom is -0.440 e. The highest BCUT2D eigenvalue weighted by Crippen LogP contribution is 2.24. The van der Waals surface area contributed by atoms with Crippen molar-refractivity contribution < 1.29 is 9.21 Å². The molecule has 1 N–H and O–H groups in total. The topological polar surface area (TPSA) is 42.2 Å². The molecule has 2 aromatic heterocycles. The molecule has 5 heteroatoms. The number of anilines is 1. The van der Waals surface area contributed by atoms with Crippen molar-refractivity contribution in [1.29, 1.82) is 0 Å². The average Bonchev–Trinajstić information content (AvgIpc) is 2.96. The van der Waals surface area contributed by atoms with Crippen LogP contribution in [0.1, 0.15) is 10.6 Å². The number of thiophene rings is 1. The van der Waals surface area contributed by atoms with Crippen LogP contribution in [0.2, 0.25) is 5.22 Å². The summed E-state index contributed by atoms with van der Waals surface area (Å²) in [7, 11) is 0. The van der Waals surface area contributed by atoms with Crippen LogP contribution >= 0.6 is 22.9 Å². The van der Waals surface area contributed by atoms with Crippen molar-refractivity contribution in [1.82, 2.24) is 0 Å². The van der Waals surface area contributed by atoms with Crippen LogP contribution in [0.25, 0.3) is 10.1 Å². The molecule has 0 radical (unpaired) electrons. The lowest BCUT2D eigenvalue weighted by Crippen LogP contribution is -2.10. The smallest absolute Gasteiger partial charge is 0.291 e. The zero-order chi connectivity index (χ0) is 12.5. The first-order chi connectivity index (χ1) is 8.72. The molecule has 0 unspecified atom stereocenters. The molecule has 2 heterocycles. The standard InChI is InChI=1S/C13H8ClNO2S/c14-12-4-2-10(17-12)13(16)15-9-1-3-11-8(7-9)5-6-18-11/h1-7H,(H,15,16). The highest BCUT2D eigenvalue weighted by Gasteiger charge is 2.10. The first-order valence-electron chi connectivity index (χ1n) is 5.26. The van der Waals surface area contributed by atoms with Crippen molar-refractivity contribution in [3.8, 4) is 0 Å². The Kier molecular flexibility index (Phi) is 2.81. The van der Waals surface area contributed by atoms with E-state index in [2.05, 4.69) is 5.32 Å². The second-order valence-corrected chi connectivity index (χ2v) is 5.05. The largest absolute Gasteiger partial charge is 0.440 e. The summed E-state index contributed by atoms with van der Waals surface area (Å²) >= 11 is 7.29. The second kappa shape index (κ2) is 4.48. The number of fused-ring (bicyclic) bond motifs is 1. The van der Waals surface area contributed by atoms with Crippen LogP contribution in [0.5, 0.6) is 0 Å². The molecule has 1 amide bonds. The number of nitrogens with one attached hydrogen (secondary N) is 1. The molecule has 1 aromatic carbocycles. The van der Waals surface area contributed by atoms with Crippen LogP contribution in [0, 0.1) is 0 Å². The van der Waals surface area contributed by atoms with E-state index in [0.29, 0.717) is 0 Å². The fourth-order valence-electron chi connectivity index (χ4n) is 1.67. The minimum atomic E-state index is -0.309. The molecule has 90 valence electrons. The van der Waals surface area contributed by atoms with E-state index in [-0.39, 0.29) is 16.9 Å². The average molecular weight is 278 g/mol. The minimum absolute atomic E-state index is 0.199. The maximum Gasteiger partial charge on any atom is 0.291 e. The van der Waals surface area contributed by atoms with Gasteiger partial charge in [-0.25, -0.2) is 0 Å². The molecule has 3 rings (SSSR count). The van der Waals surface area contributed by atoms with Gasteiger partial charge in [0, 0.05) is 10.4 Å². The van der Waals surface area contributed by atoms with Crippen molar-refractivity contribution >= 4 is 44.6 Å². The Morgan fingerprint density at radius 3 is 2.89 bits per heavy atom. The van der Waals surface area contributed by atoms with E-state index in [9.17, 15) is 4.79 Å². The van der Waals surface area contributed by atoms with E-state index in [4.69, 9.17) is 16.0 Å². The van der Waals surface area contributed by atoms with E-state index in [1.54, 1.807) is 23.5 Å². The van der Waals surface area contributed by atoms with Crippen molar-refractivity contribution in [3.63, 3.8) is 0 Å². The van der Waals surface area contributed by atoms with Gasteiger partial charge in [-0.05, 0) is 58.8 Å². The molecular formula is C13H8ClNO2S. The predicted molar refractivity (Wildman–Crippen MR) is 73.5 cm³/mol. The van der Waals surface area contributed by atoms with Gasteiger partial charge in [0.1, 0.15) is 0 Å². The maximum atomic E-state index is 11.8. The van der Waals surface area contributed by atoms with Gasteiger partial charge in [-0.1, -0.05) is 0 Å². The van der Waals surface area contributed by atoms with Crippen LogP contribution in [0.15, 0.2) is 46.2 Å². The van der Waals surface area contributed by atoms with Gasteiger partial charge in [0.25, 0.3) is 5.91 Å². The molecule has 0 aliphatic rings. The lowest BCUT2D eigenvalue weighted by Gasteiger charge is -2.02. The summed E-state index contributed by atoms with van der Waals surface area (Å²) in [6, 6.07) is 10.9. The zero-order valence-electron chi connectivity index (χ0n) is 9.14. The number of hydrogen-bond donors (Lipinski definition) is 1. The summed E-state index contributed by atoms with van der Waals surface area (Å²) in [5.41, 5.74) is 0.735. The summed E-state index contributed by atoms with van der Waals surface area (Å²) in [6.45, 7) is 0. The third-order valence-electron chi connectivity index (χ3n) is 2.51. The van der Waals surface area contributed by atoms with Gasteiger partial charge in [-0.3, -0.25) is 4.79 Å². The van der Waals surface area contributed by atoms with Gasteiger partial charge in [-0.15, -0.1) is 11.3 Å². The number of halogens is 1. The fraction of sp³-hybridized carbons (Fsp3) is 0. The van der Waals surface area contributed by atoms with E-state index >= 15 is 0 Å². The van der Waals surface area contributed by atoms with Crippen molar-refractivity contribution in [2.45, 2.75) is 0 Å². The van der Waals surface area contributed by atoms with Gasteiger partial charge in [0.05, 0.1) is 0 Å². The zero-order valence-corrected chi connectivity index (χ0v) is 10.7. The molecule has 3 aromatic rings. The van der Waals surface area contributed by atoms with Gasteiger partial charge in [0.15, 0.2) is 11.0 Å². The molecule has 0 atom stereocenters. The highest BCUT2D eigenvalue weighted by atomic mass is 35.5. The first-order valence-corrected chi connectivity index (χ1v) is 6.52. The number of furan rings is 1. The van der Waals surface area contributed by atoms with E-state index < -0.39 is 0 Å². The van der Waals surface area contributed by atoms with E-state index in [1.807, 2.05) is 29.6 Å². The third-order valence-corrected chi connectivity index (χ3v) is 3.61. The molecular weight excluding hydrogens is 270 g/mol. The summed E-state index contributed by atoms with van der Waals surface area (Å²) in [5.74, 6) is -0.109. The summed E-state index contributed by atoms with van der Waals surface area (Å²) < 4.78 is 6.23. The summed E-state index contributed by atoms with van der Waals surface area (Å²) in [6.07, 6.45) is 0. The van der Waals surface area contributed by atoms with Crippen LogP contribution < -0.4 is 5.32 Å². The summed E-state index contributed by atoms with van der Waals surface area (Å²) in [5, 5.41) is 6.09. The Hall–Kier alpha value is -1.78. The molecule has 0 saturated heterocycles. The number of amides is 1. The van der Waals surface area contributed by atoms with Crippen LogP contribution in [-0.2, 0) is 0 Å². The lowest BCUT2D eigenvalue weighted by atomic mass is 10.2. The number of benzene rings is 1. The predicted octanol–water partition coefficient (Wildman–Crippen LogP) is 4.40. The molecule has 18 heavy (non-hydrogen) atoms. The van der Waals surface area contributed by atoms with Crippen LogP contribution in [0.4, 0.5) is 5.69 Å². The quantitative estimate of drug-likeness (QED) is 0.754. The van der Waals surface area contributed by atoms with Crippen molar-refractivity contribution in [3.05, 3.63) is 52.8 Å². The number of hydrogen-bond acceptors (Lipinski definition) is 3. The second-order valence-electron chi connectivity index (χ2n) is 3.73. The Morgan fingerprint density at radius 2 is 2.11 bits per heavy atom. The van der Waals surface area contributed by atoms with Gasteiger partial charge in [-0.2, -0.15) is 0 Å². The molecule has 0 fully saturated rings. The molecule has 0 bridgehead atoms. The van der Waals surface area contributed by atoms with Crippen LogP contribution in [-0.4, -0.2) is 5.91 Å². The van der Waals surface area contributed by atoms with Crippen molar-refractivity contribution in [2.24, 2.45) is 0 Å². The van der Waals surface area contributed by atoms with Gasteiger partial charge < -0.3 is 9.73 Å². The third kappa shape index (κ3) is 2.12. The molecule has 0 spiro atoms. The highest BCUT2D eigenvalue weighted by molar-refractivity contribution is 7.17. The Bertz CT molecular complexity index is 716. The van der Waals surface area contributed by atoms with Gasteiger partial charge in [0.2, 0.25) is 0 Å². The maximum absolute atomic E-state index is 11.8. The van der Waals surface area contributed by atoms with Gasteiger partial charge >= 0.3 is 0 Å². The Balaban J connectivity index is 1.85. The number of carbonyl (C=O) groups excluding carboxylic acids is 1. The molecule has 3 nitrogen and oxygen atoms in total. The lowest BCUT2D eigenvalue weighted by molar-refractivity contribution is 0.0997. The van der Waals surface area contributed by atoms with Crippen LogP contribution in [0.3, 0.4) is 0 Å². The molecule has 0 aliphatic heterocycles. The number of carbonyl (C=O) groups is 1. The van der Waals surface area contributed by atoms with E-state index in [0.717, 1.165) is 11.1 Å². The Labute approximate surface area is 112 Å². The first kappa shape index (κ1) is 11.3. The monoisotopic (exact) mass is 277 g/mol.